The highest BCUT2D eigenvalue weighted by atomic mass is 31.2. The lowest BCUT2D eigenvalue weighted by atomic mass is 10.2. The molecule has 0 N–H and O–H groups in total. The Morgan fingerprint density at radius 2 is 1.42 bits per heavy atom. The van der Waals surface area contributed by atoms with Crippen molar-refractivity contribution in [2.24, 2.45) is 0 Å². The van der Waals surface area contributed by atoms with E-state index in [9.17, 15) is 19.5 Å². The Labute approximate surface area is 190 Å². The largest absolute Gasteiger partial charge is 0.467 e. The van der Waals surface area contributed by atoms with Crippen LogP contribution in [0.25, 0.3) is 0 Å². The van der Waals surface area contributed by atoms with E-state index in [1.807, 2.05) is 36.4 Å². The van der Waals surface area contributed by atoms with Gasteiger partial charge in [-0.15, -0.1) is 0 Å². The third kappa shape index (κ3) is 4.23. The lowest BCUT2D eigenvalue weighted by Gasteiger charge is -2.34. The monoisotopic (exact) mass is 460 g/mol. The maximum atomic E-state index is 15.0. The van der Waals surface area contributed by atoms with Gasteiger partial charge in [0.05, 0.1) is 11.2 Å². The highest BCUT2D eigenvalue weighted by molar-refractivity contribution is 7.79. The summed E-state index contributed by atoms with van der Waals surface area (Å²) in [6, 6.07) is 26.8. The molecule has 1 heterocycles. The normalized spacial score (nSPS) is 12.2. The van der Waals surface area contributed by atoms with Crippen LogP contribution < -0.4 is 10.6 Å². The predicted octanol–water partition coefficient (Wildman–Crippen LogP) is 4.97. The highest BCUT2D eigenvalue weighted by Crippen LogP contribution is 2.58. The first-order valence-corrected chi connectivity index (χ1v) is 12.0. The number of furan rings is 1. The van der Waals surface area contributed by atoms with E-state index in [1.54, 1.807) is 43.4 Å². The van der Waals surface area contributed by atoms with Crippen LogP contribution >= 0.6 is 7.14 Å². The average molecular weight is 460 g/mol. The Bertz CT molecular complexity index is 1250. The zero-order valence-electron chi connectivity index (χ0n) is 17.8. The summed E-state index contributed by atoms with van der Waals surface area (Å²) in [5.74, 6) is -0.984. The fraction of sp³-hybridized carbons (Fsp3) is 0.0800. The van der Waals surface area contributed by atoms with Gasteiger partial charge in [0, 0.05) is 35.4 Å². The van der Waals surface area contributed by atoms with Gasteiger partial charge in [0.2, 0.25) is 0 Å². The lowest BCUT2D eigenvalue weighted by Crippen LogP contribution is -2.36. The van der Waals surface area contributed by atoms with E-state index >= 15 is 0 Å². The minimum Gasteiger partial charge on any atom is -0.467 e. The summed E-state index contributed by atoms with van der Waals surface area (Å²) in [4.78, 5) is 25.3. The van der Waals surface area contributed by atoms with Crippen molar-refractivity contribution in [3.8, 4) is 0 Å². The van der Waals surface area contributed by atoms with Crippen LogP contribution in [0.1, 0.15) is 21.9 Å². The minimum absolute atomic E-state index is 0.115. The van der Waals surface area contributed by atoms with Gasteiger partial charge in [-0.3, -0.25) is 14.9 Å². The van der Waals surface area contributed by atoms with E-state index in [2.05, 4.69) is 0 Å². The molecule has 0 saturated carbocycles. The van der Waals surface area contributed by atoms with E-state index in [-0.39, 0.29) is 11.3 Å². The number of amides is 1. The minimum atomic E-state index is -3.48. The van der Waals surface area contributed by atoms with Crippen molar-refractivity contribution in [2.45, 2.75) is 5.78 Å². The molecule has 166 valence electrons. The van der Waals surface area contributed by atoms with Crippen molar-refractivity contribution in [3.05, 3.63) is 125 Å². The fourth-order valence-corrected chi connectivity index (χ4v) is 7.01. The molecule has 1 atom stereocenters. The highest BCUT2D eigenvalue weighted by Gasteiger charge is 2.43. The number of rotatable bonds is 7. The second-order valence-corrected chi connectivity index (χ2v) is 10.3. The van der Waals surface area contributed by atoms with Gasteiger partial charge in [0.1, 0.15) is 5.76 Å². The quantitative estimate of drug-likeness (QED) is 0.220. The van der Waals surface area contributed by atoms with Crippen molar-refractivity contribution >= 4 is 29.3 Å². The van der Waals surface area contributed by atoms with E-state index < -0.39 is 23.8 Å². The van der Waals surface area contributed by atoms with Crippen LogP contribution in [0, 0.1) is 10.1 Å². The first kappa shape index (κ1) is 22.2. The lowest BCUT2D eigenvalue weighted by molar-refractivity contribution is -0.384. The second-order valence-electron chi connectivity index (χ2n) is 7.44. The zero-order valence-corrected chi connectivity index (χ0v) is 18.7. The molecule has 4 aromatic rings. The molecule has 0 fully saturated rings. The molecular formula is C25H21N2O5P. The summed E-state index contributed by atoms with van der Waals surface area (Å²) in [6.45, 7) is 0. The molecule has 0 saturated heterocycles. The number of non-ortho nitro benzene ring substituents is 1. The van der Waals surface area contributed by atoms with Crippen LogP contribution in [-0.2, 0) is 4.57 Å². The number of carbonyl (C=O) groups excluding carboxylic acids is 1. The van der Waals surface area contributed by atoms with Crippen LogP contribution in [0.15, 0.2) is 108 Å². The van der Waals surface area contributed by atoms with E-state index in [0.717, 1.165) is 0 Å². The molecule has 0 radical (unpaired) electrons. The zero-order chi connectivity index (χ0) is 23.4. The van der Waals surface area contributed by atoms with Crippen molar-refractivity contribution in [2.75, 3.05) is 7.05 Å². The molecule has 1 aromatic heterocycles. The van der Waals surface area contributed by atoms with Gasteiger partial charge in [-0.1, -0.05) is 60.7 Å². The Morgan fingerprint density at radius 1 is 0.879 bits per heavy atom. The smallest absolute Gasteiger partial charge is 0.269 e. The summed E-state index contributed by atoms with van der Waals surface area (Å²) in [7, 11) is -1.91. The Kier molecular flexibility index (Phi) is 6.24. The van der Waals surface area contributed by atoms with Crippen molar-refractivity contribution in [1.29, 1.82) is 0 Å². The summed E-state index contributed by atoms with van der Waals surface area (Å²) in [6.07, 6.45) is 1.48. The first-order chi connectivity index (χ1) is 15.9. The van der Waals surface area contributed by atoms with Gasteiger partial charge >= 0.3 is 0 Å². The number of nitro benzene ring substituents is 1. The molecule has 4 rings (SSSR count). The summed E-state index contributed by atoms with van der Waals surface area (Å²) < 4.78 is 20.7. The van der Waals surface area contributed by atoms with E-state index in [4.69, 9.17) is 4.42 Å². The molecule has 3 aromatic carbocycles. The molecule has 7 nitrogen and oxygen atoms in total. The molecular weight excluding hydrogens is 439 g/mol. The molecule has 1 amide bonds. The number of hydrogen-bond acceptors (Lipinski definition) is 5. The predicted molar refractivity (Wildman–Crippen MR) is 126 cm³/mol. The SMILES string of the molecule is CN(C(=O)c1ccc([N+](=O)[O-])cc1)[C@@H](c1ccco1)P(=O)(c1ccccc1)c1ccccc1. The third-order valence-corrected chi connectivity index (χ3v) is 8.85. The summed E-state index contributed by atoms with van der Waals surface area (Å²) in [5.41, 5.74) is 0.128. The van der Waals surface area contributed by atoms with Gasteiger partial charge in [-0.2, -0.15) is 0 Å². The topological polar surface area (TPSA) is 93.7 Å². The maximum absolute atomic E-state index is 15.0. The summed E-state index contributed by atoms with van der Waals surface area (Å²) in [5, 5.41) is 12.2. The van der Waals surface area contributed by atoms with Crippen LogP contribution in [0.5, 0.6) is 0 Å². The molecule has 33 heavy (non-hydrogen) atoms. The molecule has 0 aliphatic carbocycles. The summed E-state index contributed by atoms with van der Waals surface area (Å²) >= 11 is 0. The molecule has 0 unspecified atom stereocenters. The fourth-order valence-electron chi connectivity index (χ4n) is 3.82. The van der Waals surface area contributed by atoms with Crippen molar-refractivity contribution in [1.82, 2.24) is 4.90 Å². The Morgan fingerprint density at radius 3 is 1.88 bits per heavy atom. The number of nitrogens with zero attached hydrogens (tertiary/aromatic N) is 2. The number of hydrogen-bond donors (Lipinski definition) is 0. The van der Waals surface area contributed by atoms with Gasteiger partial charge < -0.3 is 13.9 Å². The molecule has 0 aliphatic heterocycles. The molecule has 0 bridgehead atoms. The van der Waals surface area contributed by atoms with Gasteiger partial charge in [-0.25, -0.2) is 0 Å². The molecule has 0 aliphatic rings. The van der Waals surface area contributed by atoms with E-state index in [1.165, 1.54) is 35.4 Å². The van der Waals surface area contributed by atoms with Gasteiger partial charge in [0.15, 0.2) is 12.9 Å². The van der Waals surface area contributed by atoms with Crippen LogP contribution in [0.2, 0.25) is 0 Å². The van der Waals surface area contributed by atoms with Crippen LogP contribution in [0.3, 0.4) is 0 Å². The maximum Gasteiger partial charge on any atom is 0.269 e. The number of carbonyl (C=O) groups is 1. The van der Waals surface area contributed by atoms with Crippen molar-refractivity contribution in [3.63, 3.8) is 0 Å². The van der Waals surface area contributed by atoms with Gasteiger partial charge in [-0.05, 0) is 24.3 Å². The van der Waals surface area contributed by atoms with Crippen LogP contribution in [-0.4, -0.2) is 22.8 Å². The molecule has 8 heteroatoms. The Balaban J connectivity index is 1.86. The second kappa shape index (κ2) is 9.27. The number of nitro groups is 1. The number of benzene rings is 3. The van der Waals surface area contributed by atoms with Gasteiger partial charge in [0.25, 0.3) is 11.6 Å². The molecule has 0 spiro atoms. The van der Waals surface area contributed by atoms with E-state index in [0.29, 0.717) is 16.4 Å². The Hall–Kier alpha value is -3.96. The average Bonchev–Trinajstić information content (AvgIpc) is 3.39. The first-order valence-electron chi connectivity index (χ1n) is 10.2. The third-order valence-electron chi connectivity index (χ3n) is 5.43. The van der Waals surface area contributed by atoms with Crippen molar-refractivity contribution < 1.29 is 18.7 Å². The standard InChI is InChI=1S/C25H21N2O5P/c1-26(24(28)19-14-16-20(17-15-19)27(29)30)25(23-13-8-18-32-23)33(31,21-9-4-2-5-10-21)22-11-6-3-7-12-22/h2-18,25H,1H3/t25-/m1/s1. The van der Waals surface area contributed by atoms with Crippen LogP contribution in [0.4, 0.5) is 5.69 Å².